The van der Waals surface area contributed by atoms with E-state index in [1.54, 1.807) is 12.1 Å². The highest BCUT2D eigenvalue weighted by Gasteiger charge is 2.51. The Morgan fingerprint density at radius 2 is 2.11 bits per heavy atom. The maximum absolute atomic E-state index is 12.7. The molecule has 8 heteroatoms. The topological polar surface area (TPSA) is 80.2 Å². The molecule has 3 amide bonds. The summed E-state index contributed by atoms with van der Waals surface area (Å²) in [6, 6.07) is 2.72. The summed E-state index contributed by atoms with van der Waals surface area (Å²) in [6.07, 6.45) is 10.8. The minimum absolute atomic E-state index is 0.0497. The van der Waals surface area contributed by atoms with Gasteiger partial charge in [-0.1, -0.05) is 36.8 Å². The van der Waals surface area contributed by atoms with Crippen LogP contribution in [-0.2, 0) is 4.79 Å². The Kier molecular flexibility index (Phi) is 5.57. The summed E-state index contributed by atoms with van der Waals surface area (Å²) < 4.78 is 10.7. The van der Waals surface area contributed by atoms with E-state index in [-0.39, 0.29) is 17.5 Å². The van der Waals surface area contributed by atoms with E-state index in [1.807, 2.05) is 0 Å². The third-order valence-electron chi connectivity index (χ3n) is 4.72. The fourth-order valence-corrected chi connectivity index (χ4v) is 3.67. The molecule has 1 N–H and O–H groups in total. The van der Waals surface area contributed by atoms with Gasteiger partial charge in [-0.25, -0.2) is 4.79 Å². The number of urea groups is 1. The lowest BCUT2D eigenvalue weighted by Crippen LogP contribution is -2.48. The highest BCUT2D eigenvalue weighted by atomic mass is 35.5. The minimum Gasteiger partial charge on any atom is -0.493 e. The van der Waals surface area contributed by atoms with Crippen molar-refractivity contribution in [3.8, 4) is 23.8 Å². The smallest absolute Gasteiger partial charge is 0.346 e. The number of nitrogens with one attached hydrogen (secondary N) is 1. The van der Waals surface area contributed by atoms with Gasteiger partial charge in [-0.2, -0.15) is 5.10 Å². The third-order valence-corrected chi connectivity index (χ3v) is 5.00. The van der Waals surface area contributed by atoms with E-state index in [1.165, 1.54) is 13.3 Å². The normalized spacial score (nSPS) is 18.6. The molecule has 1 spiro atoms. The monoisotopic (exact) mass is 389 g/mol. The second-order valence-corrected chi connectivity index (χ2v) is 6.87. The zero-order valence-corrected chi connectivity index (χ0v) is 15.7. The van der Waals surface area contributed by atoms with Gasteiger partial charge in [0.25, 0.3) is 5.91 Å². The van der Waals surface area contributed by atoms with Crippen molar-refractivity contribution in [3.05, 3.63) is 22.7 Å². The molecule has 1 aromatic rings. The SMILES string of the molecule is C#CCOc1c(Cl)cc(/C=N\N2C(=O)NC3(CCCCC3)C2=O)cc1OC. The molecule has 0 radical (unpaired) electrons. The van der Waals surface area contributed by atoms with Crippen LogP contribution in [0.5, 0.6) is 11.5 Å². The maximum Gasteiger partial charge on any atom is 0.346 e. The molecule has 7 nitrogen and oxygen atoms in total. The molecule has 2 aliphatic rings. The molecule has 1 aromatic carbocycles. The summed E-state index contributed by atoms with van der Waals surface area (Å²) in [4.78, 5) is 24.9. The number of hydrogen-bond donors (Lipinski definition) is 1. The third kappa shape index (κ3) is 3.71. The van der Waals surface area contributed by atoms with Crippen LogP contribution in [-0.4, -0.2) is 42.4 Å². The highest BCUT2D eigenvalue weighted by Crippen LogP contribution is 2.36. The Hall–Kier alpha value is -2.72. The first-order chi connectivity index (χ1) is 13.0. The average Bonchev–Trinajstić information content (AvgIpc) is 2.88. The van der Waals surface area contributed by atoms with Crippen molar-refractivity contribution in [2.75, 3.05) is 13.7 Å². The lowest BCUT2D eigenvalue weighted by Gasteiger charge is -2.29. The van der Waals surface area contributed by atoms with Gasteiger partial charge in [0.05, 0.1) is 18.3 Å². The van der Waals surface area contributed by atoms with Crippen molar-refractivity contribution < 1.29 is 19.1 Å². The number of carbonyl (C=O) groups is 2. The molecule has 3 rings (SSSR count). The number of benzene rings is 1. The van der Waals surface area contributed by atoms with Crippen LogP contribution in [0.25, 0.3) is 0 Å². The summed E-state index contributed by atoms with van der Waals surface area (Å²) in [5.41, 5.74) is -0.260. The van der Waals surface area contributed by atoms with Crippen LogP contribution in [0.15, 0.2) is 17.2 Å². The van der Waals surface area contributed by atoms with Crippen LogP contribution in [0.2, 0.25) is 5.02 Å². The van der Waals surface area contributed by atoms with Gasteiger partial charge in [0.2, 0.25) is 0 Å². The molecule has 0 bridgehead atoms. The van der Waals surface area contributed by atoms with Crippen molar-refractivity contribution in [2.45, 2.75) is 37.6 Å². The Labute approximate surface area is 162 Å². The number of imide groups is 1. The van der Waals surface area contributed by atoms with Crippen molar-refractivity contribution in [2.24, 2.45) is 5.10 Å². The van der Waals surface area contributed by atoms with E-state index in [4.69, 9.17) is 27.5 Å². The predicted molar refractivity (Wildman–Crippen MR) is 101 cm³/mol. The number of amides is 3. The summed E-state index contributed by atoms with van der Waals surface area (Å²) in [5, 5.41) is 8.05. The van der Waals surface area contributed by atoms with Gasteiger partial charge >= 0.3 is 6.03 Å². The lowest BCUT2D eigenvalue weighted by atomic mass is 9.82. The lowest BCUT2D eigenvalue weighted by molar-refractivity contribution is -0.132. The first-order valence-electron chi connectivity index (χ1n) is 8.65. The number of hydrogen-bond acceptors (Lipinski definition) is 5. The van der Waals surface area contributed by atoms with Crippen molar-refractivity contribution in [3.63, 3.8) is 0 Å². The molecule has 0 unspecified atom stereocenters. The minimum atomic E-state index is -0.811. The standard InChI is InChI=1S/C19H20ClN3O4/c1-3-9-27-16-14(20)10-13(11-15(16)26-2)12-21-23-17(24)19(22-18(23)25)7-5-4-6-8-19/h1,10-12H,4-9H2,2H3,(H,22,25)/b21-12-. The number of rotatable bonds is 5. The van der Waals surface area contributed by atoms with E-state index in [0.717, 1.165) is 24.3 Å². The molecular formula is C19H20ClN3O4. The second-order valence-electron chi connectivity index (χ2n) is 6.46. The molecule has 27 heavy (non-hydrogen) atoms. The number of carbonyl (C=O) groups excluding carboxylic acids is 2. The number of halogens is 1. The number of nitrogens with zero attached hydrogens (tertiary/aromatic N) is 2. The summed E-state index contributed by atoms with van der Waals surface area (Å²) in [6.45, 7) is 0.0497. The quantitative estimate of drug-likeness (QED) is 0.477. The van der Waals surface area contributed by atoms with E-state index >= 15 is 0 Å². The van der Waals surface area contributed by atoms with E-state index in [9.17, 15) is 9.59 Å². The largest absolute Gasteiger partial charge is 0.493 e. The van der Waals surface area contributed by atoms with Crippen LogP contribution >= 0.6 is 11.6 Å². The van der Waals surface area contributed by atoms with Gasteiger partial charge in [-0.3, -0.25) is 4.79 Å². The molecule has 142 valence electrons. The highest BCUT2D eigenvalue weighted by molar-refractivity contribution is 6.32. The van der Waals surface area contributed by atoms with Crippen molar-refractivity contribution >= 4 is 29.8 Å². The molecule has 1 saturated carbocycles. The van der Waals surface area contributed by atoms with Crippen molar-refractivity contribution in [1.29, 1.82) is 0 Å². The van der Waals surface area contributed by atoms with Crippen LogP contribution in [0.4, 0.5) is 4.79 Å². The Morgan fingerprint density at radius 3 is 2.78 bits per heavy atom. The van der Waals surface area contributed by atoms with Crippen molar-refractivity contribution in [1.82, 2.24) is 10.3 Å². The Morgan fingerprint density at radius 1 is 1.37 bits per heavy atom. The van der Waals surface area contributed by atoms with Gasteiger partial charge in [0.15, 0.2) is 11.5 Å². The number of ether oxygens (including phenoxy) is 2. The van der Waals surface area contributed by atoms with Crippen LogP contribution in [0.1, 0.15) is 37.7 Å². The molecule has 1 saturated heterocycles. The van der Waals surface area contributed by atoms with Gasteiger partial charge in [0, 0.05) is 0 Å². The molecule has 1 aliphatic carbocycles. The molecule has 0 aromatic heterocycles. The molecule has 0 atom stereocenters. The number of terminal acetylenes is 1. The zero-order valence-electron chi connectivity index (χ0n) is 15.0. The van der Waals surface area contributed by atoms with Gasteiger partial charge < -0.3 is 14.8 Å². The molecule has 1 aliphatic heterocycles. The first-order valence-corrected chi connectivity index (χ1v) is 9.03. The molecule has 1 heterocycles. The Balaban J connectivity index is 1.81. The summed E-state index contributed by atoms with van der Waals surface area (Å²) in [7, 11) is 1.47. The molecule has 2 fully saturated rings. The van der Waals surface area contributed by atoms with Gasteiger partial charge in [-0.15, -0.1) is 11.4 Å². The first kappa shape index (κ1) is 19.1. The fraction of sp³-hybridized carbons (Fsp3) is 0.421. The van der Waals surface area contributed by atoms with Gasteiger partial charge in [0.1, 0.15) is 12.1 Å². The van der Waals surface area contributed by atoms with E-state index < -0.39 is 11.6 Å². The zero-order chi connectivity index (χ0) is 19.4. The second kappa shape index (κ2) is 7.89. The molecular weight excluding hydrogens is 370 g/mol. The average molecular weight is 390 g/mol. The Bertz CT molecular complexity index is 825. The van der Waals surface area contributed by atoms with Crippen LogP contribution in [0.3, 0.4) is 0 Å². The number of hydrazone groups is 1. The number of methoxy groups -OCH3 is 1. The summed E-state index contributed by atoms with van der Waals surface area (Å²) in [5.74, 6) is 2.75. The van der Waals surface area contributed by atoms with E-state index in [0.29, 0.717) is 29.9 Å². The maximum atomic E-state index is 12.7. The van der Waals surface area contributed by atoms with Crippen LogP contribution < -0.4 is 14.8 Å². The fourth-order valence-electron chi connectivity index (χ4n) is 3.40. The summed E-state index contributed by atoms with van der Waals surface area (Å²) >= 11 is 6.22. The predicted octanol–water partition coefficient (Wildman–Crippen LogP) is 2.95. The van der Waals surface area contributed by atoms with Crippen LogP contribution in [0, 0.1) is 12.3 Å². The van der Waals surface area contributed by atoms with E-state index in [2.05, 4.69) is 16.3 Å². The van der Waals surface area contributed by atoms with Gasteiger partial charge in [-0.05, 0) is 30.5 Å².